The van der Waals surface area contributed by atoms with Crippen LogP contribution in [0.3, 0.4) is 0 Å². The average molecular weight is 431 g/mol. The Bertz CT molecular complexity index is 1250. The Labute approximate surface area is 185 Å². The maximum absolute atomic E-state index is 13.3. The van der Waals surface area contributed by atoms with Crippen molar-refractivity contribution in [1.29, 1.82) is 0 Å². The molecule has 6 nitrogen and oxygen atoms in total. The zero-order valence-corrected chi connectivity index (χ0v) is 18.0. The van der Waals surface area contributed by atoms with Crippen molar-refractivity contribution in [2.75, 3.05) is 4.90 Å². The zero-order chi connectivity index (χ0) is 23.0. The van der Waals surface area contributed by atoms with Crippen LogP contribution in [0.25, 0.3) is 11.8 Å². The molecule has 1 aliphatic rings. The number of rotatable bonds is 4. The Morgan fingerprint density at radius 2 is 1.56 bits per heavy atom. The first-order chi connectivity index (χ1) is 15.3. The molecule has 4 rings (SSSR count). The fraction of sp³-hybridized carbons (Fsp3) is 0.160. The van der Waals surface area contributed by atoms with Crippen molar-refractivity contribution >= 4 is 29.6 Å². The van der Waals surface area contributed by atoms with Crippen LogP contribution in [0.15, 0.2) is 60.2 Å². The Morgan fingerprint density at radius 3 is 2.19 bits per heavy atom. The minimum atomic E-state index is -0.870. The SMILES string of the molecule is CCc1ccc(-n2c(C)cc(/C=C3/C(=O)NC(=O)N(c4ccc(F)cc4)C3=O)c2C)cc1. The smallest absolute Gasteiger partial charge is 0.318 e. The molecule has 3 aromatic rings. The number of amides is 4. The number of aryl methyl sites for hydroxylation is 2. The topological polar surface area (TPSA) is 71.4 Å². The monoisotopic (exact) mass is 431 g/mol. The predicted molar refractivity (Wildman–Crippen MR) is 120 cm³/mol. The molecule has 162 valence electrons. The number of halogens is 1. The van der Waals surface area contributed by atoms with E-state index in [0.717, 1.165) is 40.5 Å². The molecule has 0 bridgehead atoms. The fourth-order valence-electron chi connectivity index (χ4n) is 3.85. The molecular weight excluding hydrogens is 409 g/mol. The van der Waals surface area contributed by atoms with Crippen LogP contribution < -0.4 is 10.2 Å². The lowest BCUT2D eigenvalue weighted by atomic mass is 10.1. The number of nitrogens with one attached hydrogen (secondary N) is 1. The summed E-state index contributed by atoms with van der Waals surface area (Å²) in [7, 11) is 0. The number of barbiturate groups is 1. The largest absolute Gasteiger partial charge is 0.335 e. The standard InChI is InChI=1S/C25H22FN3O3/c1-4-17-5-9-20(10-6-17)28-15(2)13-18(16(28)3)14-22-23(30)27-25(32)29(24(22)31)21-11-7-19(26)8-12-21/h5-14H,4H2,1-3H3,(H,27,30,32)/b22-14-. The lowest BCUT2D eigenvalue weighted by molar-refractivity contribution is -0.122. The highest BCUT2D eigenvalue weighted by Crippen LogP contribution is 2.26. The summed E-state index contributed by atoms with van der Waals surface area (Å²) in [5.74, 6) is -2.03. The van der Waals surface area contributed by atoms with Crippen molar-refractivity contribution in [1.82, 2.24) is 9.88 Å². The molecule has 1 fully saturated rings. The molecule has 0 radical (unpaired) electrons. The van der Waals surface area contributed by atoms with Crippen LogP contribution in [0.4, 0.5) is 14.9 Å². The number of carbonyl (C=O) groups is 3. The number of hydrogen-bond acceptors (Lipinski definition) is 3. The summed E-state index contributed by atoms with van der Waals surface area (Å²) in [5.41, 5.74) is 4.69. The van der Waals surface area contributed by atoms with Gasteiger partial charge in [-0.25, -0.2) is 14.1 Å². The van der Waals surface area contributed by atoms with Crippen LogP contribution >= 0.6 is 0 Å². The van der Waals surface area contributed by atoms with Crippen molar-refractivity contribution < 1.29 is 18.8 Å². The van der Waals surface area contributed by atoms with Crippen LogP contribution in [0.1, 0.15) is 29.4 Å². The third-order valence-electron chi connectivity index (χ3n) is 5.56. The van der Waals surface area contributed by atoms with Gasteiger partial charge in [0.25, 0.3) is 11.8 Å². The summed E-state index contributed by atoms with van der Waals surface area (Å²) in [6.07, 6.45) is 2.43. The van der Waals surface area contributed by atoms with E-state index in [9.17, 15) is 18.8 Å². The number of benzene rings is 2. The molecule has 2 aromatic carbocycles. The van der Waals surface area contributed by atoms with Gasteiger partial charge in [0.05, 0.1) is 5.69 Å². The zero-order valence-electron chi connectivity index (χ0n) is 18.0. The van der Waals surface area contributed by atoms with Crippen molar-refractivity contribution in [3.8, 4) is 5.69 Å². The predicted octanol–water partition coefficient (Wildman–Crippen LogP) is 4.46. The Balaban J connectivity index is 1.73. The van der Waals surface area contributed by atoms with Crippen molar-refractivity contribution in [3.63, 3.8) is 0 Å². The number of imide groups is 2. The van der Waals surface area contributed by atoms with Gasteiger partial charge in [-0.15, -0.1) is 0 Å². The van der Waals surface area contributed by atoms with Crippen LogP contribution in [-0.4, -0.2) is 22.4 Å². The third-order valence-corrected chi connectivity index (χ3v) is 5.56. The van der Waals surface area contributed by atoms with Crippen molar-refractivity contribution in [2.45, 2.75) is 27.2 Å². The van der Waals surface area contributed by atoms with Crippen LogP contribution in [0.2, 0.25) is 0 Å². The van der Waals surface area contributed by atoms with Crippen molar-refractivity contribution in [3.05, 3.63) is 88.5 Å². The van der Waals surface area contributed by atoms with Gasteiger partial charge in [0.15, 0.2) is 0 Å². The van der Waals surface area contributed by atoms with Gasteiger partial charge in [0.2, 0.25) is 0 Å². The average Bonchev–Trinajstić information content (AvgIpc) is 3.05. The molecule has 1 saturated heterocycles. The summed E-state index contributed by atoms with van der Waals surface area (Å²) >= 11 is 0. The van der Waals surface area contributed by atoms with Gasteiger partial charge >= 0.3 is 6.03 Å². The number of nitrogens with zero attached hydrogens (tertiary/aromatic N) is 2. The molecule has 1 aliphatic heterocycles. The normalized spacial score (nSPS) is 15.4. The van der Waals surface area contributed by atoms with Gasteiger partial charge in [-0.2, -0.15) is 0 Å². The summed E-state index contributed by atoms with van der Waals surface area (Å²) < 4.78 is 15.3. The van der Waals surface area contributed by atoms with Gasteiger partial charge < -0.3 is 4.57 Å². The van der Waals surface area contributed by atoms with Gasteiger partial charge in [-0.05, 0) is 79.9 Å². The van der Waals surface area contributed by atoms with E-state index in [1.165, 1.54) is 23.8 Å². The maximum atomic E-state index is 13.3. The van der Waals surface area contributed by atoms with E-state index in [-0.39, 0.29) is 11.3 Å². The summed E-state index contributed by atoms with van der Waals surface area (Å²) in [4.78, 5) is 38.7. The molecule has 0 atom stereocenters. The molecular formula is C25H22FN3O3. The van der Waals surface area contributed by atoms with Crippen molar-refractivity contribution in [2.24, 2.45) is 0 Å². The summed E-state index contributed by atoms with van der Waals surface area (Å²) in [6, 6.07) is 14.1. The highest BCUT2D eigenvalue weighted by molar-refractivity contribution is 6.39. The van der Waals surface area contributed by atoms with Crippen LogP contribution in [0, 0.1) is 19.7 Å². The van der Waals surface area contributed by atoms with E-state index in [4.69, 9.17) is 0 Å². The van der Waals surface area contributed by atoms with E-state index in [1.54, 1.807) is 0 Å². The third kappa shape index (κ3) is 3.73. The number of anilines is 1. The second kappa shape index (κ2) is 8.26. The molecule has 0 spiro atoms. The first-order valence-electron chi connectivity index (χ1n) is 10.3. The Kier molecular flexibility index (Phi) is 5.48. The first kappa shape index (κ1) is 21.2. The Hall–Kier alpha value is -4.00. The van der Waals surface area contributed by atoms with E-state index in [0.29, 0.717) is 5.56 Å². The quantitative estimate of drug-likeness (QED) is 0.490. The molecule has 1 aromatic heterocycles. The molecule has 4 amide bonds. The van der Waals surface area contributed by atoms with E-state index in [2.05, 4.69) is 24.4 Å². The highest BCUT2D eigenvalue weighted by Gasteiger charge is 2.37. The lowest BCUT2D eigenvalue weighted by Gasteiger charge is -2.26. The summed E-state index contributed by atoms with van der Waals surface area (Å²) in [6.45, 7) is 5.94. The highest BCUT2D eigenvalue weighted by atomic mass is 19.1. The second-order valence-electron chi connectivity index (χ2n) is 7.62. The van der Waals surface area contributed by atoms with Gasteiger partial charge in [0, 0.05) is 17.1 Å². The lowest BCUT2D eigenvalue weighted by Crippen LogP contribution is -2.54. The minimum Gasteiger partial charge on any atom is -0.318 e. The molecule has 0 aliphatic carbocycles. The van der Waals surface area contributed by atoms with E-state index in [1.807, 2.05) is 36.6 Å². The Morgan fingerprint density at radius 1 is 0.938 bits per heavy atom. The fourth-order valence-corrected chi connectivity index (χ4v) is 3.85. The summed E-state index contributed by atoms with van der Waals surface area (Å²) in [5, 5.41) is 2.19. The molecule has 0 saturated carbocycles. The van der Waals surface area contributed by atoms with E-state index >= 15 is 0 Å². The second-order valence-corrected chi connectivity index (χ2v) is 7.62. The molecule has 2 heterocycles. The molecule has 1 N–H and O–H groups in total. The van der Waals surface area contributed by atoms with E-state index < -0.39 is 23.7 Å². The molecule has 0 unspecified atom stereocenters. The van der Waals surface area contributed by atoms with Crippen LogP contribution in [0.5, 0.6) is 0 Å². The molecule has 32 heavy (non-hydrogen) atoms. The first-order valence-corrected chi connectivity index (χ1v) is 10.3. The number of aromatic nitrogens is 1. The van der Waals surface area contributed by atoms with Gasteiger partial charge in [0.1, 0.15) is 11.4 Å². The van der Waals surface area contributed by atoms with Gasteiger partial charge in [-0.1, -0.05) is 19.1 Å². The van der Waals surface area contributed by atoms with Gasteiger partial charge in [-0.3, -0.25) is 14.9 Å². The van der Waals surface area contributed by atoms with Crippen LogP contribution in [-0.2, 0) is 16.0 Å². The maximum Gasteiger partial charge on any atom is 0.335 e. The number of urea groups is 1. The number of carbonyl (C=O) groups excluding carboxylic acids is 3. The number of hydrogen-bond donors (Lipinski definition) is 1. The minimum absolute atomic E-state index is 0.171. The molecule has 7 heteroatoms.